The maximum atomic E-state index is 12.5. The van der Waals surface area contributed by atoms with E-state index in [0.29, 0.717) is 31.9 Å². The molecule has 0 radical (unpaired) electrons. The van der Waals surface area contributed by atoms with Crippen molar-refractivity contribution < 1.29 is 18.8 Å². The van der Waals surface area contributed by atoms with Crippen molar-refractivity contribution in [1.29, 1.82) is 0 Å². The molecule has 1 aromatic heterocycles. The standard InChI is InChI=1S/C14H21N3O4/c1-10-9-11(16-21-10)14(19)17-7-4-3-5-12(17)13(18)15-6-8-20-2/h9,12H,3-8H2,1-2H3,(H,15,18). The molecule has 21 heavy (non-hydrogen) atoms. The second kappa shape index (κ2) is 7.21. The zero-order valence-electron chi connectivity index (χ0n) is 12.4. The molecule has 0 saturated carbocycles. The fourth-order valence-corrected chi connectivity index (χ4v) is 2.46. The Hall–Kier alpha value is -1.89. The number of carbonyl (C=O) groups is 2. The Labute approximate surface area is 123 Å². The van der Waals surface area contributed by atoms with E-state index in [2.05, 4.69) is 10.5 Å². The average molecular weight is 295 g/mol. The number of carbonyl (C=O) groups excluding carboxylic acids is 2. The third kappa shape index (κ3) is 3.81. The van der Waals surface area contributed by atoms with Gasteiger partial charge in [-0.2, -0.15) is 0 Å². The molecule has 7 nitrogen and oxygen atoms in total. The summed E-state index contributed by atoms with van der Waals surface area (Å²) in [6, 6.07) is 1.15. The van der Waals surface area contributed by atoms with Crippen molar-refractivity contribution >= 4 is 11.8 Å². The van der Waals surface area contributed by atoms with Crippen LogP contribution >= 0.6 is 0 Å². The van der Waals surface area contributed by atoms with Crippen molar-refractivity contribution in [3.63, 3.8) is 0 Å². The Morgan fingerprint density at radius 2 is 2.33 bits per heavy atom. The van der Waals surface area contributed by atoms with Gasteiger partial charge in [0.2, 0.25) is 5.91 Å². The van der Waals surface area contributed by atoms with E-state index in [-0.39, 0.29) is 17.5 Å². The molecule has 1 unspecified atom stereocenters. The second-order valence-corrected chi connectivity index (χ2v) is 5.12. The first-order chi connectivity index (χ1) is 10.1. The molecule has 2 heterocycles. The molecule has 0 aromatic carbocycles. The smallest absolute Gasteiger partial charge is 0.276 e. The molecular formula is C14H21N3O4. The minimum atomic E-state index is -0.444. The molecule has 1 aromatic rings. The number of nitrogens with one attached hydrogen (secondary N) is 1. The number of rotatable bonds is 5. The number of aromatic nitrogens is 1. The van der Waals surface area contributed by atoms with E-state index in [1.165, 1.54) is 0 Å². The lowest BCUT2D eigenvalue weighted by molar-refractivity contribution is -0.126. The van der Waals surface area contributed by atoms with E-state index in [1.54, 1.807) is 25.0 Å². The Balaban J connectivity index is 2.04. The lowest BCUT2D eigenvalue weighted by atomic mass is 10.0. The molecule has 0 aliphatic carbocycles. The number of amides is 2. The lowest BCUT2D eigenvalue weighted by Crippen LogP contribution is -2.52. The summed E-state index contributed by atoms with van der Waals surface area (Å²) in [7, 11) is 1.58. The van der Waals surface area contributed by atoms with Crippen LogP contribution in [0.4, 0.5) is 0 Å². The molecule has 7 heteroatoms. The van der Waals surface area contributed by atoms with Crippen molar-refractivity contribution in [3.05, 3.63) is 17.5 Å². The van der Waals surface area contributed by atoms with Crippen LogP contribution in [0.2, 0.25) is 0 Å². The van der Waals surface area contributed by atoms with E-state index in [4.69, 9.17) is 9.26 Å². The van der Waals surface area contributed by atoms with Gasteiger partial charge in [0.1, 0.15) is 11.8 Å². The average Bonchev–Trinajstić information content (AvgIpc) is 2.93. The van der Waals surface area contributed by atoms with Crippen LogP contribution in [-0.2, 0) is 9.53 Å². The van der Waals surface area contributed by atoms with Crippen molar-refractivity contribution in [2.75, 3.05) is 26.8 Å². The fraction of sp³-hybridized carbons (Fsp3) is 0.643. The first-order valence-electron chi connectivity index (χ1n) is 7.14. The van der Waals surface area contributed by atoms with Crippen LogP contribution in [-0.4, -0.2) is 54.7 Å². The van der Waals surface area contributed by atoms with Gasteiger partial charge in [-0.05, 0) is 26.2 Å². The lowest BCUT2D eigenvalue weighted by Gasteiger charge is -2.34. The zero-order valence-corrected chi connectivity index (χ0v) is 12.4. The topological polar surface area (TPSA) is 84.7 Å². The highest BCUT2D eigenvalue weighted by Crippen LogP contribution is 2.20. The number of hydrogen-bond donors (Lipinski definition) is 1. The first kappa shape index (κ1) is 15.5. The Bertz CT molecular complexity index is 500. The molecule has 1 atom stereocenters. The Morgan fingerprint density at radius 3 is 3.00 bits per heavy atom. The number of methoxy groups -OCH3 is 1. The third-order valence-electron chi connectivity index (χ3n) is 3.52. The number of piperidine rings is 1. The summed E-state index contributed by atoms with van der Waals surface area (Å²) >= 11 is 0. The number of likely N-dealkylation sites (tertiary alicyclic amines) is 1. The van der Waals surface area contributed by atoms with E-state index in [9.17, 15) is 9.59 Å². The van der Waals surface area contributed by atoms with Crippen molar-refractivity contribution in [2.45, 2.75) is 32.2 Å². The van der Waals surface area contributed by atoms with Gasteiger partial charge in [-0.25, -0.2) is 0 Å². The SMILES string of the molecule is COCCNC(=O)C1CCCCN1C(=O)c1cc(C)on1. The predicted molar refractivity (Wildman–Crippen MR) is 74.8 cm³/mol. The molecule has 1 N–H and O–H groups in total. The van der Waals surface area contributed by atoms with Gasteiger partial charge in [0.15, 0.2) is 5.69 Å². The van der Waals surface area contributed by atoms with Crippen LogP contribution in [0.15, 0.2) is 10.6 Å². The molecule has 116 valence electrons. The van der Waals surface area contributed by atoms with Crippen molar-refractivity contribution in [1.82, 2.24) is 15.4 Å². The van der Waals surface area contributed by atoms with E-state index in [0.717, 1.165) is 12.8 Å². The monoisotopic (exact) mass is 295 g/mol. The first-order valence-corrected chi connectivity index (χ1v) is 7.14. The molecule has 1 aliphatic rings. The zero-order chi connectivity index (χ0) is 15.2. The predicted octanol–water partition coefficient (Wildman–Crippen LogP) is 0.740. The van der Waals surface area contributed by atoms with E-state index in [1.807, 2.05) is 0 Å². The summed E-state index contributed by atoms with van der Waals surface area (Å²) in [4.78, 5) is 26.3. The molecule has 0 bridgehead atoms. The van der Waals surface area contributed by atoms with Gasteiger partial charge >= 0.3 is 0 Å². The quantitative estimate of drug-likeness (QED) is 0.810. The van der Waals surface area contributed by atoms with Crippen LogP contribution in [0.25, 0.3) is 0 Å². The largest absolute Gasteiger partial charge is 0.383 e. The number of ether oxygens (including phenoxy) is 1. The van der Waals surface area contributed by atoms with Crippen LogP contribution in [0.1, 0.15) is 35.5 Å². The summed E-state index contributed by atoms with van der Waals surface area (Å²) < 4.78 is 9.85. The van der Waals surface area contributed by atoms with Gasteiger partial charge in [0.25, 0.3) is 5.91 Å². The highest BCUT2D eigenvalue weighted by atomic mass is 16.5. The van der Waals surface area contributed by atoms with Crippen LogP contribution < -0.4 is 5.32 Å². The molecule has 1 saturated heterocycles. The number of aryl methyl sites for hydroxylation is 1. The second-order valence-electron chi connectivity index (χ2n) is 5.12. The minimum Gasteiger partial charge on any atom is -0.383 e. The van der Waals surface area contributed by atoms with Crippen LogP contribution in [0.3, 0.4) is 0 Å². The van der Waals surface area contributed by atoms with Crippen LogP contribution in [0.5, 0.6) is 0 Å². The summed E-state index contributed by atoms with van der Waals surface area (Å²) in [5.41, 5.74) is 0.254. The molecule has 1 fully saturated rings. The molecule has 1 aliphatic heterocycles. The van der Waals surface area contributed by atoms with Crippen molar-refractivity contribution in [2.24, 2.45) is 0 Å². The van der Waals surface area contributed by atoms with Gasteiger partial charge in [-0.15, -0.1) is 0 Å². The maximum absolute atomic E-state index is 12.5. The van der Waals surface area contributed by atoms with Gasteiger partial charge in [-0.1, -0.05) is 5.16 Å². The molecule has 2 rings (SSSR count). The molecule has 2 amide bonds. The van der Waals surface area contributed by atoms with Crippen molar-refractivity contribution in [3.8, 4) is 0 Å². The summed E-state index contributed by atoms with van der Waals surface area (Å²) in [6.07, 6.45) is 2.50. The van der Waals surface area contributed by atoms with Gasteiger partial charge in [0, 0.05) is 26.3 Å². The summed E-state index contributed by atoms with van der Waals surface area (Å²) in [5.74, 6) is 0.190. The van der Waals surface area contributed by atoms with E-state index >= 15 is 0 Å². The normalized spacial score (nSPS) is 18.6. The Kier molecular flexibility index (Phi) is 5.32. The Morgan fingerprint density at radius 1 is 1.52 bits per heavy atom. The van der Waals surface area contributed by atoms with Gasteiger partial charge in [-0.3, -0.25) is 9.59 Å². The summed E-state index contributed by atoms with van der Waals surface area (Å²) in [5, 5.41) is 6.54. The fourth-order valence-electron chi connectivity index (χ4n) is 2.46. The van der Waals surface area contributed by atoms with Gasteiger partial charge in [0.05, 0.1) is 6.61 Å². The molecular weight excluding hydrogens is 274 g/mol. The highest BCUT2D eigenvalue weighted by Gasteiger charge is 2.33. The molecule has 0 spiro atoms. The summed E-state index contributed by atoms with van der Waals surface area (Å²) in [6.45, 7) is 3.19. The minimum absolute atomic E-state index is 0.139. The highest BCUT2D eigenvalue weighted by molar-refractivity contribution is 5.96. The third-order valence-corrected chi connectivity index (χ3v) is 3.52. The van der Waals surface area contributed by atoms with Gasteiger partial charge < -0.3 is 19.5 Å². The van der Waals surface area contributed by atoms with E-state index < -0.39 is 6.04 Å². The number of hydrogen-bond acceptors (Lipinski definition) is 5. The maximum Gasteiger partial charge on any atom is 0.276 e. The van der Waals surface area contributed by atoms with Crippen LogP contribution in [0, 0.1) is 6.92 Å². The number of nitrogens with zero attached hydrogens (tertiary/aromatic N) is 2.